The van der Waals surface area contributed by atoms with Crippen LogP contribution in [0.4, 0.5) is 0 Å². The molecule has 0 saturated carbocycles. The maximum atomic E-state index is 11.0. The summed E-state index contributed by atoms with van der Waals surface area (Å²) in [5.41, 5.74) is 8.93. The SMILES string of the molecule is NC(=O)C(=O)NCCc1ccc2c(c1)CCCC2. The Labute approximate surface area is 107 Å². The summed E-state index contributed by atoms with van der Waals surface area (Å²) in [7, 11) is 0. The van der Waals surface area contributed by atoms with Gasteiger partial charge < -0.3 is 11.1 Å². The molecule has 96 valence electrons. The quantitative estimate of drug-likeness (QED) is 0.771. The van der Waals surface area contributed by atoms with Crippen molar-refractivity contribution in [2.75, 3.05) is 6.54 Å². The second-order valence-electron chi connectivity index (χ2n) is 4.68. The molecule has 0 fully saturated rings. The predicted octanol–water partition coefficient (Wildman–Crippen LogP) is 0.709. The summed E-state index contributed by atoms with van der Waals surface area (Å²) in [6, 6.07) is 6.49. The zero-order valence-corrected chi connectivity index (χ0v) is 10.4. The fourth-order valence-electron chi connectivity index (χ4n) is 2.35. The molecule has 1 aromatic rings. The van der Waals surface area contributed by atoms with Gasteiger partial charge in [-0.3, -0.25) is 9.59 Å². The van der Waals surface area contributed by atoms with E-state index in [1.165, 1.54) is 36.0 Å². The molecule has 0 unspecified atom stereocenters. The number of rotatable bonds is 3. The molecule has 3 N–H and O–H groups in total. The second-order valence-corrected chi connectivity index (χ2v) is 4.68. The Morgan fingerprint density at radius 3 is 2.61 bits per heavy atom. The van der Waals surface area contributed by atoms with Gasteiger partial charge in [0.25, 0.3) is 0 Å². The minimum Gasteiger partial charge on any atom is -0.361 e. The van der Waals surface area contributed by atoms with Crippen LogP contribution in [-0.4, -0.2) is 18.4 Å². The predicted molar refractivity (Wildman–Crippen MR) is 69.0 cm³/mol. The first-order chi connectivity index (χ1) is 8.66. The number of nitrogens with two attached hydrogens (primary N) is 1. The lowest BCUT2D eigenvalue weighted by molar-refractivity contribution is -0.137. The third kappa shape index (κ3) is 3.09. The lowest BCUT2D eigenvalue weighted by atomic mass is 9.90. The Bertz CT molecular complexity index is 469. The van der Waals surface area contributed by atoms with E-state index >= 15 is 0 Å². The van der Waals surface area contributed by atoms with Gasteiger partial charge in [0, 0.05) is 6.54 Å². The molecule has 1 aromatic carbocycles. The summed E-state index contributed by atoms with van der Waals surface area (Å²) >= 11 is 0. The number of benzene rings is 1. The molecular weight excluding hydrogens is 228 g/mol. The molecule has 0 spiro atoms. The summed E-state index contributed by atoms with van der Waals surface area (Å²) in [5.74, 6) is -1.64. The first kappa shape index (κ1) is 12.6. The van der Waals surface area contributed by atoms with Crippen molar-refractivity contribution in [1.29, 1.82) is 0 Å². The van der Waals surface area contributed by atoms with E-state index < -0.39 is 11.8 Å². The molecule has 0 bridgehead atoms. The van der Waals surface area contributed by atoms with Crippen LogP contribution in [0, 0.1) is 0 Å². The van der Waals surface area contributed by atoms with E-state index in [9.17, 15) is 9.59 Å². The first-order valence-corrected chi connectivity index (χ1v) is 6.35. The molecule has 0 aliphatic heterocycles. The van der Waals surface area contributed by atoms with Crippen molar-refractivity contribution >= 4 is 11.8 Å². The van der Waals surface area contributed by atoms with Crippen LogP contribution in [-0.2, 0) is 28.9 Å². The number of hydrogen-bond acceptors (Lipinski definition) is 2. The van der Waals surface area contributed by atoms with Crippen LogP contribution in [0.1, 0.15) is 29.5 Å². The molecule has 4 nitrogen and oxygen atoms in total. The molecule has 4 heteroatoms. The smallest absolute Gasteiger partial charge is 0.309 e. The number of aryl methyl sites for hydroxylation is 2. The van der Waals surface area contributed by atoms with Crippen LogP contribution >= 0.6 is 0 Å². The average Bonchev–Trinajstić information content (AvgIpc) is 2.38. The highest BCUT2D eigenvalue weighted by Gasteiger charge is 2.10. The van der Waals surface area contributed by atoms with E-state index in [-0.39, 0.29) is 0 Å². The molecule has 1 aliphatic rings. The summed E-state index contributed by atoms with van der Waals surface area (Å²) in [4.78, 5) is 21.5. The van der Waals surface area contributed by atoms with Crippen LogP contribution in [0.3, 0.4) is 0 Å². The zero-order chi connectivity index (χ0) is 13.0. The second kappa shape index (κ2) is 5.67. The molecule has 1 aliphatic carbocycles. The van der Waals surface area contributed by atoms with E-state index in [0.717, 1.165) is 12.8 Å². The molecule has 18 heavy (non-hydrogen) atoms. The minimum absolute atomic E-state index is 0.445. The molecule has 2 amide bonds. The normalized spacial score (nSPS) is 13.8. The van der Waals surface area contributed by atoms with E-state index in [0.29, 0.717) is 6.54 Å². The molecule has 0 saturated heterocycles. The van der Waals surface area contributed by atoms with Gasteiger partial charge in [0.05, 0.1) is 0 Å². The van der Waals surface area contributed by atoms with Gasteiger partial charge >= 0.3 is 11.8 Å². The molecule has 0 aromatic heterocycles. The van der Waals surface area contributed by atoms with Crippen molar-refractivity contribution in [2.24, 2.45) is 5.73 Å². The highest BCUT2D eigenvalue weighted by Crippen LogP contribution is 2.22. The number of carbonyl (C=O) groups excluding carboxylic acids is 2. The van der Waals surface area contributed by atoms with E-state index in [4.69, 9.17) is 5.73 Å². The third-order valence-electron chi connectivity index (χ3n) is 3.34. The van der Waals surface area contributed by atoms with Crippen molar-refractivity contribution in [1.82, 2.24) is 5.32 Å². The van der Waals surface area contributed by atoms with Gasteiger partial charge in [0.2, 0.25) is 0 Å². The van der Waals surface area contributed by atoms with Crippen LogP contribution < -0.4 is 11.1 Å². The van der Waals surface area contributed by atoms with E-state index in [2.05, 4.69) is 23.5 Å². The Morgan fingerprint density at radius 2 is 1.89 bits per heavy atom. The Hall–Kier alpha value is -1.84. The minimum atomic E-state index is -0.930. The first-order valence-electron chi connectivity index (χ1n) is 6.35. The summed E-state index contributed by atoms with van der Waals surface area (Å²) in [5, 5.41) is 2.50. The number of amides is 2. The standard InChI is InChI=1S/C14H18N2O2/c15-13(17)14(18)16-8-7-10-5-6-11-3-1-2-4-12(11)9-10/h5-6,9H,1-4,7-8H2,(H2,15,17)(H,16,18). The van der Waals surface area contributed by atoms with Crippen molar-refractivity contribution in [3.8, 4) is 0 Å². The van der Waals surface area contributed by atoms with Crippen LogP contribution in [0.15, 0.2) is 18.2 Å². The molecular formula is C14H18N2O2. The Morgan fingerprint density at radius 1 is 1.17 bits per heavy atom. The number of carbonyl (C=O) groups is 2. The highest BCUT2D eigenvalue weighted by molar-refractivity contribution is 6.34. The van der Waals surface area contributed by atoms with Gasteiger partial charge in [-0.05, 0) is 48.8 Å². The summed E-state index contributed by atoms with van der Waals surface area (Å²) in [6.45, 7) is 0.445. The maximum Gasteiger partial charge on any atom is 0.309 e. The van der Waals surface area contributed by atoms with Crippen LogP contribution in [0.2, 0.25) is 0 Å². The lowest BCUT2D eigenvalue weighted by Gasteiger charge is -2.16. The van der Waals surface area contributed by atoms with Crippen molar-refractivity contribution in [2.45, 2.75) is 32.1 Å². The van der Waals surface area contributed by atoms with E-state index in [1.54, 1.807) is 0 Å². The molecule has 2 rings (SSSR count). The van der Waals surface area contributed by atoms with Gasteiger partial charge in [-0.25, -0.2) is 0 Å². The van der Waals surface area contributed by atoms with E-state index in [1.807, 2.05) is 0 Å². The number of hydrogen-bond donors (Lipinski definition) is 2. The van der Waals surface area contributed by atoms with Gasteiger partial charge in [0.15, 0.2) is 0 Å². The number of nitrogens with one attached hydrogen (secondary N) is 1. The number of primary amides is 1. The summed E-state index contributed by atoms with van der Waals surface area (Å²) < 4.78 is 0. The largest absolute Gasteiger partial charge is 0.361 e. The fraction of sp³-hybridized carbons (Fsp3) is 0.429. The zero-order valence-electron chi connectivity index (χ0n) is 10.4. The molecule has 0 radical (unpaired) electrons. The molecule has 0 atom stereocenters. The van der Waals surface area contributed by atoms with Gasteiger partial charge in [0.1, 0.15) is 0 Å². The lowest BCUT2D eigenvalue weighted by Crippen LogP contribution is -2.37. The van der Waals surface area contributed by atoms with Crippen LogP contribution in [0.5, 0.6) is 0 Å². The van der Waals surface area contributed by atoms with Crippen LogP contribution in [0.25, 0.3) is 0 Å². The highest BCUT2D eigenvalue weighted by atomic mass is 16.2. The topological polar surface area (TPSA) is 72.2 Å². The third-order valence-corrected chi connectivity index (χ3v) is 3.34. The van der Waals surface area contributed by atoms with Gasteiger partial charge in [-0.2, -0.15) is 0 Å². The Kier molecular flexibility index (Phi) is 3.97. The summed E-state index contributed by atoms with van der Waals surface area (Å²) in [6.07, 6.45) is 5.59. The van der Waals surface area contributed by atoms with Crippen molar-refractivity contribution in [3.05, 3.63) is 34.9 Å². The van der Waals surface area contributed by atoms with Crippen molar-refractivity contribution in [3.63, 3.8) is 0 Å². The monoisotopic (exact) mass is 246 g/mol. The number of fused-ring (bicyclic) bond motifs is 1. The van der Waals surface area contributed by atoms with Gasteiger partial charge in [-0.15, -0.1) is 0 Å². The maximum absolute atomic E-state index is 11.0. The van der Waals surface area contributed by atoms with Crippen molar-refractivity contribution < 1.29 is 9.59 Å². The average molecular weight is 246 g/mol. The fourth-order valence-corrected chi connectivity index (χ4v) is 2.35. The Balaban J connectivity index is 1.90. The van der Waals surface area contributed by atoms with Gasteiger partial charge in [-0.1, -0.05) is 18.2 Å². The molecule has 0 heterocycles.